The van der Waals surface area contributed by atoms with Gasteiger partial charge in [0.05, 0.1) is 34.9 Å². The number of hydrogen-bond acceptors (Lipinski definition) is 4. The number of piperidine rings is 1. The maximum absolute atomic E-state index is 9.06. The van der Waals surface area contributed by atoms with E-state index in [-0.39, 0.29) is 6.10 Å². The average molecular weight is 502 g/mol. The van der Waals surface area contributed by atoms with Crippen molar-refractivity contribution in [1.82, 2.24) is 5.32 Å². The van der Waals surface area contributed by atoms with E-state index in [1.54, 1.807) is 18.2 Å². The molecule has 0 unspecified atom stereocenters. The van der Waals surface area contributed by atoms with Gasteiger partial charge >= 0.3 is 0 Å². The third kappa shape index (κ3) is 5.70. The number of halogens is 3. The van der Waals surface area contributed by atoms with Gasteiger partial charge in [-0.25, -0.2) is 0 Å². The summed E-state index contributed by atoms with van der Waals surface area (Å²) in [5.74, 6) is 0. The summed E-state index contributed by atoms with van der Waals surface area (Å²) in [5.41, 5.74) is 2.90. The van der Waals surface area contributed by atoms with Gasteiger partial charge in [-0.2, -0.15) is 5.26 Å². The first kappa shape index (κ1) is 24.0. The maximum atomic E-state index is 9.06. The van der Waals surface area contributed by atoms with E-state index in [2.05, 4.69) is 11.4 Å². The van der Waals surface area contributed by atoms with Crippen molar-refractivity contribution in [1.29, 1.82) is 5.26 Å². The van der Waals surface area contributed by atoms with Crippen molar-refractivity contribution in [3.05, 3.63) is 104 Å². The van der Waals surface area contributed by atoms with Crippen LogP contribution >= 0.6 is 34.8 Å². The Kier molecular flexibility index (Phi) is 7.93. The molecule has 0 aromatic heterocycles. The molecule has 1 fully saturated rings. The molecule has 7 heteroatoms. The Labute approximate surface area is 209 Å². The van der Waals surface area contributed by atoms with Gasteiger partial charge in [-0.15, -0.1) is 0 Å². The summed E-state index contributed by atoms with van der Waals surface area (Å²) in [6.07, 6.45) is 0.483. The summed E-state index contributed by atoms with van der Waals surface area (Å²) >= 11 is 18.4. The highest BCUT2D eigenvalue weighted by molar-refractivity contribution is 6.42. The number of nitrogens with zero attached hydrogens (tertiary/aromatic N) is 1. The van der Waals surface area contributed by atoms with Crippen molar-refractivity contribution in [2.24, 2.45) is 0 Å². The first-order valence-electron chi connectivity index (χ1n) is 10.7. The topological polar surface area (TPSA) is 54.3 Å². The van der Waals surface area contributed by atoms with Gasteiger partial charge in [-0.3, -0.25) is 0 Å². The Bertz CT molecular complexity index is 1130. The fourth-order valence-corrected chi connectivity index (χ4v) is 4.50. The van der Waals surface area contributed by atoms with Gasteiger partial charge in [0.15, 0.2) is 0 Å². The third-order valence-electron chi connectivity index (χ3n) is 5.87. The Morgan fingerprint density at radius 3 is 2.33 bits per heavy atom. The molecule has 3 aromatic carbocycles. The Morgan fingerprint density at radius 2 is 1.64 bits per heavy atom. The lowest BCUT2D eigenvalue weighted by atomic mass is 9.82. The highest BCUT2D eigenvalue weighted by atomic mass is 35.5. The van der Waals surface area contributed by atoms with Crippen LogP contribution < -0.4 is 5.32 Å². The van der Waals surface area contributed by atoms with Crippen LogP contribution in [0.4, 0.5) is 0 Å². The van der Waals surface area contributed by atoms with Crippen LogP contribution in [0.25, 0.3) is 0 Å². The molecule has 170 valence electrons. The number of hydrogen-bond donors (Lipinski definition) is 1. The Balaban J connectivity index is 1.60. The average Bonchev–Trinajstić information content (AvgIpc) is 2.85. The lowest BCUT2D eigenvalue weighted by molar-refractivity contribution is -0.176. The zero-order chi connectivity index (χ0) is 23.3. The molecule has 1 saturated heterocycles. The van der Waals surface area contributed by atoms with Crippen LogP contribution in [0.5, 0.6) is 0 Å². The first-order valence-corrected chi connectivity index (χ1v) is 11.8. The van der Waals surface area contributed by atoms with Crippen molar-refractivity contribution < 1.29 is 9.47 Å². The monoisotopic (exact) mass is 500 g/mol. The molecular formula is C26H23Cl3N2O2. The number of nitriles is 1. The Morgan fingerprint density at radius 1 is 0.909 bits per heavy atom. The second-order valence-electron chi connectivity index (χ2n) is 8.00. The second kappa shape index (κ2) is 10.9. The van der Waals surface area contributed by atoms with Gasteiger partial charge in [0.2, 0.25) is 0 Å². The molecule has 3 aromatic rings. The summed E-state index contributed by atoms with van der Waals surface area (Å²) in [4.78, 5) is 0. The fraction of sp³-hybridized carbons (Fsp3) is 0.269. The van der Waals surface area contributed by atoms with E-state index in [0.717, 1.165) is 29.7 Å². The van der Waals surface area contributed by atoms with Crippen LogP contribution in [-0.2, 0) is 28.3 Å². The van der Waals surface area contributed by atoms with E-state index < -0.39 is 5.60 Å². The second-order valence-corrected chi connectivity index (χ2v) is 9.25. The molecule has 2 atom stereocenters. The summed E-state index contributed by atoms with van der Waals surface area (Å²) < 4.78 is 13.1. The lowest BCUT2D eigenvalue weighted by Gasteiger charge is -2.44. The zero-order valence-electron chi connectivity index (χ0n) is 17.9. The van der Waals surface area contributed by atoms with Gasteiger partial charge in [-0.1, -0.05) is 65.1 Å². The number of rotatable bonds is 7. The molecule has 4 nitrogen and oxygen atoms in total. The van der Waals surface area contributed by atoms with Gasteiger partial charge in [0.1, 0.15) is 11.7 Å². The molecule has 33 heavy (non-hydrogen) atoms. The van der Waals surface area contributed by atoms with E-state index in [1.807, 2.05) is 48.5 Å². The van der Waals surface area contributed by atoms with Crippen LogP contribution in [0.1, 0.15) is 28.7 Å². The molecule has 0 saturated carbocycles. The molecule has 0 spiro atoms. The first-order chi connectivity index (χ1) is 16.0. The van der Waals surface area contributed by atoms with Crippen LogP contribution in [0.3, 0.4) is 0 Å². The van der Waals surface area contributed by atoms with Crippen LogP contribution in [0, 0.1) is 11.3 Å². The van der Waals surface area contributed by atoms with E-state index in [1.165, 1.54) is 0 Å². The molecule has 0 bridgehead atoms. The van der Waals surface area contributed by atoms with Gasteiger partial charge in [0, 0.05) is 11.6 Å². The molecule has 1 heterocycles. The molecular weight excluding hydrogens is 479 g/mol. The smallest absolute Gasteiger partial charge is 0.122 e. The highest BCUT2D eigenvalue weighted by Gasteiger charge is 2.44. The predicted octanol–water partition coefficient (Wildman–Crippen LogP) is 6.51. The van der Waals surface area contributed by atoms with Crippen molar-refractivity contribution in [3.63, 3.8) is 0 Å². The predicted molar refractivity (Wildman–Crippen MR) is 132 cm³/mol. The highest BCUT2D eigenvalue weighted by Crippen LogP contribution is 2.39. The minimum atomic E-state index is -0.667. The standard InChI is InChI=1S/C26H23Cl3N2O2/c27-22-8-6-21(7-9-22)26(33-17-19-3-1-18(14-30)2-4-19)11-12-31-15-25(26)32-16-20-5-10-23(28)24(29)13-20/h1-10,13,25,31H,11-12,15-17H2/t25-,26-/m0/s1. The van der Waals surface area contributed by atoms with E-state index >= 15 is 0 Å². The molecule has 1 aliphatic rings. The number of nitrogens with one attached hydrogen (secondary N) is 1. The zero-order valence-corrected chi connectivity index (χ0v) is 20.1. The van der Waals surface area contributed by atoms with Gasteiger partial charge in [0.25, 0.3) is 0 Å². The molecule has 4 rings (SSSR count). The maximum Gasteiger partial charge on any atom is 0.122 e. The number of benzene rings is 3. The molecule has 1 aliphatic heterocycles. The van der Waals surface area contributed by atoms with E-state index in [0.29, 0.717) is 40.4 Å². The van der Waals surface area contributed by atoms with E-state index in [9.17, 15) is 0 Å². The summed E-state index contributed by atoms with van der Waals surface area (Å²) in [6.45, 7) is 2.19. The lowest BCUT2D eigenvalue weighted by Crippen LogP contribution is -2.54. The fourth-order valence-electron chi connectivity index (χ4n) is 4.05. The van der Waals surface area contributed by atoms with Gasteiger partial charge < -0.3 is 14.8 Å². The van der Waals surface area contributed by atoms with Crippen LogP contribution in [0.15, 0.2) is 66.7 Å². The minimum absolute atomic E-state index is 0.250. The van der Waals surface area contributed by atoms with Crippen molar-refractivity contribution >= 4 is 34.8 Å². The molecule has 1 N–H and O–H groups in total. The van der Waals surface area contributed by atoms with Crippen molar-refractivity contribution in [2.75, 3.05) is 13.1 Å². The largest absolute Gasteiger partial charge is 0.369 e. The molecule has 0 radical (unpaired) electrons. The van der Waals surface area contributed by atoms with Gasteiger partial charge in [-0.05, 0) is 66.1 Å². The summed E-state index contributed by atoms with van der Waals surface area (Å²) in [7, 11) is 0. The molecule has 0 aliphatic carbocycles. The van der Waals surface area contributed by atoms with Crippen molar-refractivity contribution in [3.8, 4) is 6.07 Å². The van der Waals surface area contributed by atoms with Crippen LogP contribution in [-0.4, -0.2) is 19.2 Å². The molecule has 0 amide bonds. The summed E-state index contributed by atoms with van der Waals surface area (Å²) in [5, 5.41) is 14.2. The normalized spacial score (nSPS) is 20.4. The minimum Gasteiger partial charge on any atom is -0.369 e. The SMILES string of the molecule is N#Cc1ccc(CO[C@]2(c3ccc(Cl)cc3)CCNC[C@@H]2OCc2ccc(Cl)c(Cl)c2)cc1. The Hall–Kier alpha value is -2.10. The number of ether oxygens (including phenoxy) is 2. The van der Waals surface area contributed by atoms with E-state index in [4.69, 9.17) is 49.5 Å². The van der Waals surface area contributed by atoms with Crippen molar-refractivity contribution in [2.45, 2.75) is 31.3 Å². The summed E-state index contributed by atoms with van der Waals surface area (Å²) in [6, 6.07) is 22.8. The third-order valence-corrected chi connectivity index (χ3v) is 6.86. The quantitative estimate of drug-likeness (QED) is 0.401. The van der Waals surface area contributed by atoms with Crippen LogP contribution in [0.2, 0.25) is 15.1 Å².